The Labute approximate surface area is 109 Å². The molecule has 0 saturated carbocycles. The van der Waals surface area contributed by atoms with Crippen LogP contribution in [0.1, 0.15) is 29.5 Å². The van der Waals surface area contributed by atoms with Gasteiger partial charge in [-0.2, -0.15) is 0 Å². The van der Waals surface area contributed by atoms with Gasteiger partial charge in [-0.3, -0.25) is 4.79 Å². The van der Waals surface area contributed by atoms with Crippen LogP contribution >= 0.6 is 24.2 Å². The van der Waals surface area contributed by atoms with Crippen LogP contribution in [0.15, 0.2) is 23.1 Å². The minimum atomic E-state index is -1.64. The molecule has 1 aromatic rings. The van der Waals surface area contributed by atoms with Crippen LogP contribution in [0.2, 0.25) is 0 Å². The van der Waals surface area contributed by atoms with Gasteiger partial charge in [0.25, 0.3) is 0 Å². The van der Waals surface area contributed by atoms with Crippen molar-refractivity contribution in [3.8, 4) is 0 Å². The second-order valence-corrected chi connectivity index (χ2v) is 4.45. The van der Waals surface area contributed by atoms with Crippen molar-refractivity contribution in [2.24, 2.45) is 0 Å². The molecule has 4 nitrogen and oxygen atoms in total. The Balaban J connectivity index is 3.19. The fourth-order valence-corrected chi connectivity index (χ4v) is 1.83. The molecule has 0 saturated heterocycles. The third-order valence-electron chi connectivity index (χ3n) is 2.23. The van der Waals surface area contributed by atoms with Gasteiger partial charge in [-0.15, -0.1) is 24.2 Å². The molecule has 0 radical (unpaired) electrons. The fraction of sp³-hybridized carbons (Fsp3) is 0.273. The summed E-state index contributed by atoms with van der Waals surface area (Å²) in [5.41, 5.74) is 0.553. The van der Waals surface area contributed by atoms with E-state index in [-0.39, 0.29) is 11.3 Å². The third kappa shape index (κ3) is 3.21. The summed E-state index contributed by atoms with van der Waals surface area (Å²) >= 11 is 10.0. The van der Waals surface area contributed by atoms with Crippen LogP contribution in [0.3, 0.4) is 0 Å². The molecule has 0 heterocycles. The van der Waals surface area contributed by atoms with Crippen molar-refractivity contribution in [1.29, 1.82) is 0 Å². The molecule has 92 valence electrons. The number of Topliss-reactive ketones (excluding diaryl/α,β-unsaturated/α-hetero) is 1. The molecule has 0 spiro atoms. The molecular formula is C11H11ClO4S. The molecule has 1 aromatic carbocycles. The van der Waals surface area contributed by atoms with Crippen LogP contribution in [0.5, 0.6) is 0 Å². The van der Waals surface area contributed by atoms with Gasteiger partial charge in [0.15, 0.2) is 11.9 Å². The average Bonchev–Trinajstić information content (AvgIpc) is 2.27. The quantitative estimate of drug-likeness (QED) is 0.580. The van der Waals surface area contributed by atoms with E-state index in [0.717, 1.165) is 0 Å². The van der Waals surface area contributed by atoms with E-state index in [1.54, 1.807) is 0 Å². The monoisotopic (exact) mass is 274 g/mol. The summed E-state index contributed by atoms with van der Waals surface area (Å²) in [7, 11) is 0. The number of halogens is 1. The van der Waals surface area contributed by atoms with Crippen molar-refractivity contribution in [2.75, 3.05) is 0 Å². The molecule has 2 N–H and O–H groups in total. The lowest BCUT2D eigenvalue weighted by molar-refractivity contribution is -0.146. The lowest BCUT2D eigenvalue weighted by atomic mass is 10.0. The van der Waals surface area contributed by atoms with Crippen LogP contribution in [-0.2, 0) is 9.59 Å². The Bertz CT molecular complexity index is 461. The number of aliphatic hydroxyl groups excluding tert-OH is 1. The van der Waals surface area contributed by atoms with Crippen molar-refractivity contribution in [3.05, 3.63) is 29.3 Å². The number of rotatable bonds is 4. The number of thiol groups is 1. The molecule has 0 aliphatic carbocycles. The van der Waals surface area contributed by atoms with Crippen molar-refractivity contribution < 1.29 is 19.8 Å². The maximum absolute atomic E-state index is 11.2. The number of aliphatic hydroxyl groups is 1. The molecule has 0 bridgehead atoms. The molecule has 2 unspecified atom stereocenters. The lowest BCUT2D eigenvalue weighted by Gasteiger charge is -2.13. The van der Waals surface area contributed by atoms with Crippen molar-refractivity contribution in [1.82, 2.24) is 0 Å². The predicted molar refractivity (Wildman–Crippen MR) is 65.6 cm³/mol. The first-order valence-electron chi connectivity index (χ1n) is 4.72. The first-order valence-corrected chi connectivity index (χ1v) is 5.61. The highest BCUT2D eigenvalue weighted by atomic mass is 35.5. The lowest BCUT2D eigenvalue weighted by Crippen LogP contribution is -2.11. The molecule has 0 aliphatic heterocycles. The summed E-state index contributed by atoms with van der Waals surface area (Å²) in [5, 5.41) is 17.2. The predicted octanol–water partition coefficient (Wildman–Crippen LogP) is 1.96. The number of aliphatic carboxylic acids is 1. The van der Waals surface area contributed by atoms with Gasteiger partial charge in [-0.05, 0) is 30.2 Å². The van der Waals surface area contributed by atoms with Crippen LogP contribution in [0, 0.1) is 0 Å². The Kier molecular flexibility index (Phi) is 4.56. The maximum Gasteiger partial charge on any atom is 0.337 e. The number of ketones is 1. The molecule has 17 heavy (non-hydrogen) atoms. The van der Waals surface area contributed by atoms with Crippen molar-refractivity contribution >= 4 is 36.0 Å². The van der Waals surface area contributed by atoms with E-state index in [9.17, 15) is 14.7 Å². The maximum atomic E-state index is 11.2. The van der Waals surface area contributed by atoms with Gasteiger partial charge >= 0.3 is 5.97 Å². The van der Waals surface area contributed by atoms with Crippen molar-refractivity contribution in [2.45, 2.75) is 23.3 Å². The molecule has 0 aromatic heterocycles. The topological polar surface area (TPSA) is 74.6 Å². The highest BCUT2D eigenvalue weighted by Gasteiger charge is 2.21. The number of carboxylic acids is 1. The number of hydrogen-bond acceptors (Lipinski definition) is 4. The average molecular weight is 275 g/mol. The van der Waals surface area contributed by atoms with Gasteiger partial charge in [0.1, 0.15) is 5.38 Å². The van der Waals surface area contributed by atoms with E-state index < -0.39 is 17.5 Å². The normalized spacial score (nSPS) is 14.1. The standard InChI is InChI=1S/C11H11ClO4S/c1-5(13)9(12)7-4-6(2-3-8(7)17)10(14)11(15)16/h2-4,9-10,14,17H,1H3,(H,15,16). The zero-order chi connectivity index (χ0) is 13.2. The van der Waals surface area contributed by atoms with Gasteiger partial charge in [-0.1, -0.05) is 6.07 Å². The molecule has 0 aliphatic rings. The number of carboxylic acid groups (broad SMARTS) is 1. The van der Waals surface area contributed by atoms with E-state index in [1.807, 2.05) is 0 Å². The Morgan fingerprint density at radius 3 is 2.47 bits per heavy atom. The Hall–Kier alpha value is -1.04. The summed E-state index contributed by atoms with van der Waals surface area (Å²) in [4.78, 5) is 22.3. The number of carbonyl (C=O) groups is 2. The summed E-state index contributed by atoms with van der Waals surface area (Å²) < 4.78 is 0. The summed E-state index contributed by atoms with van der Waals surface area (Å²) in [6.07, 6.45) is -1.64. The van der Waals surface area contributed by atoms with Gasteiger partial charge in [-0.25, -0.2) is 4.79 Å². The summed E-state index contributed by atoms with van der Waals surface area (Å²) in [6, 6.07) is 4.30. The molecule has 6 heteroatoms. The SMILES string of the molecule is CC(=O)C(Cl)c1cc(C(O)C(=O)O)ccc1S. The van der Waals surface area contributed by atoms with Crippen LogP contribution in [-0.4, -0.2) is 22.0 Å². The van der Waals surface area contributed by atoms with E-state index in [2.05, 4.69) is 12.6 Å². The third-order valence-corrected chi connectivity index (χ3v) is 3.18. The molecule has 1 rings (SSSR count). The van der Waals surface area contributed by atoms with Gasteiger partial charge in [0, 0.05) is 4.90 Å². The van der Waals surface area contributed by atoms with Crippen molar-refractivity contribution in [3.63, 3.8) is 0 Å². The molecule has 2 atom stereocenters. The van der Waals surface area contributed by atoms with E-state index in [1.165, 1.54) is 25.1 Å². The minimum Gasteiger partial charge on any atom is -0.479 e. The molecule has 0 fully saturated rings. The number of hydrogen-bond donors (Lipinski definition) is 3. The van der Waals surface area contributed by atoms with E-state index in [4.69, 9.17) is 16.7 Å². The van der Waals surface area contributed by atoms with Crippen LogP contribution < -0.4 is 0 Å². The minimum absolute atomic E-state index is 0.164. The first-order chi connectivity index (χ1) is 7.84. The van der Waals surface area contributed by atoms with Crippen LogP contribution in [0.4, 0.5) is 0 Å². The van der Waals surface area contributed by atoms with Gasteiger partial charge in [0.2, 0.25) is 0 Å². The largest absolute Gasteiger partial charge is 0.479 e. The summed E-state index contributed by atoms with van der Waals surface area (Å²) in [6.45, 7) is 1.32. The smallest absolute Gasteiger partial charge is 0.337 e. The number of carbonyl (C=O) groups excluding carboxylic acids is 1. The highest BCUT2D eigenvalue weighted by molar-refractivity contribution is 7.80. The Morgan fingerprint density at radius 2 is 2.00 bits per heavy atom. The second-order valence-electron chi connectivity index (χ2n) is 3.53. The second kappa shape index (κ2) is 5.53. The van der Waals surface area contributed by atoms with Crippen LogP contribution in [0.25, 0.3) is 0 Å². The zero-order valence-corrected chi connectivity index (χ0v) is 10.6. The fourth-order valence-electron chi connectivity index (χ4n) is 1.31. The molecular weight excluding hydrogens is 264 g/mol. The highest BCUT2D eigenvalue weighted by Crippen LogP contribution is 2.30. The Morgan fingerprint density at radius 1 is 1.41 bits per heavy atom. The van der Waals surface area contributed by atoms with Gasteiger partial charge in [0.05, 0.1) is 0 Å². The zero-order valence-electron chi connectivity index (χ0n) is 8.92. The molecule has 0 amide bonds. The number of alkyl halides is 1. The van der Waals surface area contributed by atoms with E-state index in [0.29, 0.717) is 10.5 Å². The number of benzene rings is 1. The first kappa shape index (κ1) is 14.0. The summed E-state index contributed by atoms with van der Waals surface area (Å²) in [5.74, 6) is -1.64. The van der Waals surface area contributed by atoms with E-state index >= 15 is 0 Å². The van der Waals surface area contributed by atoms with Gasteiger partial charge < -0.3 is 10.2 Å².